The number of amides is 2. The molecule has 0 aromatic carbocycles. The number of thiophene rings is 1. The minimum atomic E-state index is -0.0920. The van der Waals surface area contributed by atoms with Crippen LogP contribution < -0.4 is 10.6 Å². The third kappa shape index (κ3) is 5.30. The first-order valence-corrected chi connectivity index (χ1v) is 7.79. The van der Waals surface area contributed by atoms with E-state index in [-0.39, 0.29) is 30.8 Å². The Kier molecular flexibility index (Phi) is 6.01. The average Bonchev–Trinajstić information content (AvgIpc) is 3.13. The van der Waals surface area contributed by atoms with Gasteiger partial charge in [-0.15, -0.1) is 11.3 Å². The Morgan fingerprint density at radius 3 is 2.75 bits per heavy atom. The van der Waals surface area contributed by atoms with Crippen molar-refractivity contribution in [3.8, 4) is 0 Å². The fourth-order valence-electron chi connectivity index (χ4n) is 2.04. The molecule has 2 amide bonds. The third-order valence-corrected chi connectivity index (χ3v) is 4.05. The highest BCUT2D eigenvalue weighted by molar-refractivity contribution is 7.09. The van der Waals surface area contributed by atoms with E-state index in [0.717, 1.165) is 24.3 Å². The Hall–Kier alpha value is -1.40. The van der Waals surface area contributed by atoms with Crippen LogP contribution in [-0.4, -0.2) is 31.1 Å². The Balaban J connectivity index is 1.54. The third-order valence-electron chi connectivity index (χ3n) is 3.17. The molecule has 1 aromatic rings. The van der Waals surface area contributed by atoms with Crippen molar-refractivity contribution in [2.24, 2.45) is 0 Å². The molecule has 1 saturated heterocycles. The van der Waals surface area contributed by atoms with Gasteiger partial charge >= 0.3 is 0 Å². The normalized spacial score (nSPS) is 17.9. The summed E-state index contributed by atoms with van der Waals surface area (Å²) in [5, 5.41) is 7.58. The second-order valence-corrected chi connectivity index (χ2v) is 5.83. The molecule has 1 aromatic heterocycles. The molecule has 1 fully saturated rings. The SMILES string of the molecule is O=C(CCC(=O)NC[C@@H]1CCCO1)NCc1cccs1. The summed E-state index contributed by atoms with van der Waals surface area (Å²) in [6, 6.07) is 3.92. The van der Waals surface area contributed by atoms with Crippen molar-refractivity contribution in [1.29, 1.82) is 0 Å². The number of carbonyl (C=O) groups is 2. The summed E-state index contributed by atoms with van der Waals surface area (Å²) < 4.78 is 5.42. The Bertz CT molecular complexity index is 428. The van der Waals surface area contributed by atoms with Crippen molar-refractivity contribution < 1.29 is 14.3 Å². The maximum atomic E-state index is 11.6. The summed E-state index contributed by atoms with van der Waals surface area (Å²) in [6.45, 7) is 1.87. The highest BCUT2D eigenvalue weighted by atomic mass is 32.1. The van der Waals surface area contributed by atoms with Gasteiger partial charge in [0.2, 0.25) is 11.8 Å². The first-order valence-electron chi connectivity index (χ1n) is 6.91. The van der Waals surface area contributed by atoms with Gasteiger partial charge in [-0.05, 0) is 24.3 Å². The lowest BCUT2D eigenvalue weighted by molar-refractivity contribution is -0.126. The van der Waals surface area contributed by atoms with E-state index in [1.165, 1.54) is 0 Å². The number of rotatable bonds is 7. The van der Waals surface area contributed by atoms with Crippen molar-refractivity contribution >= 4 is 23.2 Å². The summed E-state index contributed by atoms with van der Waals surface area (Å²) in [5.74, 6) is -0.183. The van der Waals surface area contributed by atoms with Crippen LogP contribution in [0.4, 0.5) is 0 Å². The number of carbonyl (C=O) groups excluding carboxylic acids is 2. The zero-order chi connectivity index (χ0) is 14.2. The summed E-state index contributed by atoms with van der Waals surface area (Å²) in [6.07, 6.45) is 2.66. The predicted molar refractivity (Wildman–Crippen MR) is 77.4 cm³/mol. The fourth-order valence-corrected chi connectivity index (χ4v) is 2.68. The Morgan fingerprint density at radius 2 is 2.10 bits per heavy atom. The maximum Gasteiger partial charge on any atom is 0.220 e. The van der Waals surface area contributed by atoms with Crippen molar-refractivity contribution in [3.63, 3.8) is 0 Å². The zero-order valence-electron chi connectivity index (χ0n) is 11.4. The maximum absolute atomic E-state index is 11.6. The van der Waals surface area contributed by atoms with Gasteiger partial charge in [-0.2, -0.15) is 0 Å². The van der Waals surface area contributed by atoms with E-state index in [2.05, 4.69) is 10.6 Å². The van der Waals surface area contributed by atoms with E-state index in [1.807, 2.05) is 17.5 Å². The smallest absolute Gasteiger partial charge is 0.220 e. The lowest BCUT2D eigenvalue weighted by atomic mass is 10.2. The molecule has 0 saturated carbocycles. The van der Waals surface area contributed by atoms with Gasteiger partial charge in [0.05, 0.1) is 12.6 Å². The second-order valence-electron chi connectivity index (χ2n) is 4.80. The van der Waals surface area contributed by atoms with E-state index in [9.17, 15) is 9.59 Å². The van der Waals surface area contributed by atoms with Gasteiger partial charge in [0.1, 0.15) is 0 Å². The van der Waals surface area contributed by atoms with E-state index in [4.69, 9.17) is 4.74 Å². The molecule has 110 valence electrons. The van der Waals surface area contributed by atoms with Gasteiger partial charge in [0, 0.05) is 30.9 Å². The number of hydrogen-bond donors (Lipinski definition) is 2. The van der Waals surface area contributed by atoms with E-state index >= 15 is 0 Å². The Morgan fingerprint density at radius 1 is 1.30 bits per heavy atom. The molecule has 1 aliphatic rings. The first kappa shape index (κ1) is 15.0. The molecule has 0 unspecified atom stereocenters. The molecule has 20 heavy (non-hydrogen) atoms. The average molecular weight is 296 g/mol. The summed E-state index contributed by atoms with van der Waals surface area (Å²) >= 11 is 1.60. The van der Waals surface area contributed by atoms with Crippen LogP contribution in [0.1, 0.15) is 30.6 Å². The highest BCUT2D eigenvalue weighted by Crippen LogP contribution is 2.10. The zero-order valence-corrected chi connectivity index (χ0v) is 12.2. The largest absolute Gasteiger partial charge is 0.376 e. The molecule has 2 N–H and O–H groups in total. The molecule has 0 bridgehead atoms. The van der Waals surface area contributed by atoms with Crippen LogP contribution in [0.3, 0.4) is 0 Å². The van der Waals surface area contributed by atoms with E-state index in [0.29, 0.717) is 13.1 Å². The molecule has 6 heteroatoms. The minimum Gasteiger partial charge on any atom is -0.376 e. The van der Waals surface area contributed by atoms with Crippen molar-refractivity contribution in [3.05, 3.63) is 22.4 Å². The van der Waals surface area contributed by atoms with Crippen LogP contribution in [-0.2, 0) is 20.9 Å². The van der Waals surface area contributed by atoms with Crippen molar-refractivity contribution in [1.82, 2.24) is 10.6 Å². The monoisotopic (exact) mass is 296 g/mol. The molecule has 1 aliphatic heterocycles. The van der Waals surface area contributed by atoms with Crippen LogP contribution in [0.5, 0.6) is 0 Å². The Labute approximate surface area is 122 Å². The van der Waals surface area contributed by atoms with Gasteiger partial charge in [0.25, 0.3) is 0 Å². The molecular weight excluding hydrogens is 276 g/mol. The van der Waals surface area contributed by atoms with Gasteiger partial charge in [-0.1, -0.05) is 6.07 Å². The molecule has 2 rings (SSSR count). The minimum absolute atomic E-state index is 0.0910. The molecule has 5 nitrogen and oxygen atoms in total. The predicted octanol–water partition coefficient (Wildman–Crippen LogP) is 1.44. The lowest BCUT2D eigenvalue weighted by Gasteiger charge is -2.10. The molecule has 0 radical (unpaired) electrons. The van der Waals surface area contributed by atoms with E-state index < -0.39 is 0 Å². The van der Waals surface area contributed by atoms with Crippen LogP contribution in [0.25, 0.3) is 0 Å². The lowest BCUT2D eigenvalue weighted by Crippen LogP contribution is -2.32. The highest BCUT2D eigenvalue weighted by Gasteiger charge is 2.16. The van der Waals surface area contributed by atoms with Gasteiger partial charge in [-0.3, -0.25) is 9.59 Å². The molecular formula is C14H20N2O3S. The summed E-state index contributed by atoms with van der Waals surface area (Å²) in [5.41, 5.74) is 0. The van der Waals surface area contributed by atoms with Gasteiger partial charge in [-0.25, -0.2) is 0 Å². The molecule has 1 atom stereocenters. The quantitative estimate of drug-likeness (QED) is 0.800. The summed E-state index contributed by atoms with van der Waals surface area (Å²) in [7, 11) is 0. The van der Waals surface area contributed by atoms with Crippen LogP contribution in [0, 0.1) is 0 Å². The molecule has 0 spiro atoms. The topological polar surface area (TPSA) is 67.4 Å². The van der Waals surface area contributed by atoms with E-state index in [1.54, 1.807) is 11.3 Å². The van der Waals surface area contributed by atoms with Crippen molar-refractivity contribution in [2.75, 3.05) is 13.2 Å². The standard InChI is InChI=1S/C14H20N2O3S/c17-13(15-9-11-3-1-7-19-11)5-6-14(18)16-10-12-4-2-8-20-12/h2,4,8,11H,1,3,5-7,9-10H2,(H,15,17)(H,16,18)/t11-/m0/s1. The molecule has 0 aliphatic carbocycles. The van der Waals surface area contributed by atoms with Gasteiger partial charge < -0.3 is 15.4 Å². The number of hydrogen-bond acceptors (Lipinski definition) is 4. The van der Waals surface area contributed by atoms with Crippen LogP contribution in [0.15, 0.2) is 17.5 Å². The van der Waals surface area contributed by atoms with Crippen LogP contribution >= 0.6 is 11.3 Å². The number of ether oxygens (including phenoxy) is 1. The fraction of sp³-hybridized carbons (Fsp3) is 0.571. The summed E-state index contributed by atoms with van der Waals surface area (Å²) in [4.78, 5) is 24.3. The van der Waals surface area contributed by atoms with Gasteiger partial charge in [0.15, 0.2) is 0 Å². The first-order chi connectivity index (χ1) is 9.74. The number of nitrogens with one attached hydrogen (secondary N) is 2. The van der Waals surface area contributed by atoms with Crippen molar-refractivity contribution in [2.45, 2.75) is 38.3 Å². The van der Waals surface area contributed by atoms with Crippen LogP contribution in [0.2, 0.25) is 0 Å². The molecule has 2 heterocycles. The second kappa shape index (κ2) is 8.01.